The van der Waals surface area contributed by atoms with Crippen molar-refractivity contribution in [3.8, 4) is 67.5 Å². The highest BCUT2D eigenvalue weighted by Crippen LogP contribution is 2.42. The average molecular weight is 750 g/mol. The Bertz CT molecular complexity index is 3240. The van der Waals surface area contributed by atoms with E-state index in [1.807, 2.05) is 46.9 Å². The summed E-state index contributed by atoms with van der Waals surface area (Å²) < 4.78 is 5.16. The topological polar surface area (TPSA) is 38.7 Å². The molecule has 0 aliphatic carbocycles. The Balaban J connectivity index is 1.13. The lowest BCUT2D eigenvalue weighted by Gasteiger charge is -2.15. The SMILES string of the molecule is c1ccc(-c2ccc(-c3nc(-c4ccccc4)nc(-c4cc(-c5ccc6sc7ccccc7c6c5)ccc4-c4ccc5sc6ccccc6c5c4)n3)cc2)cc1. The minimum atomic E-state index is 0.634. The van der Waals surface area contributed by atoms with Gasteiger partial charge in [0.1, 0.15) is 0 Å². The number of rotatable bonds is 6. The van der Waals surface area contributed by atoms with Crippen LogP contribution in [0.15, 0.2) is 188 Å². The lowest BCUT2D eigenvalue weighted by Crippen LogP contribution is -2.01. The fourth-order valence-corrected chi connectivity index (χ4v) is 9.92. The second kappa shape index (κ2) is 13.5. The van der Waals surface area contributed by atoms with Crippen LogP contribution >= 0.6 is 22.7 Å². The summed E-state index contributed by atoms with van der Waals surface area (Å²) in [6.45, 7) is 0. The molecule has 0 saturated carbocycles. The Hall–Kier alpha value is -6.79. The maximum absolute atomic E-state index is 5.29. The molecule has 3 aromatic heterocycles. The van der Waals surface area contributed by atoms with Crippen LogP contribution in [-0.2, 0) is 0 Å². The largest absolute Gasteiger partial charge is 0.208 e. The van der Waals surface area contributed by atoms with Gasteiger partial charge in [-0.3, -0.25) is 0 Å². The Morgan fingerprint density at radius 2 is 0.661 bits per heavy atom. The molecule has 0 saturated heterocycles. The molecule has 8 aromatic carbocycles. The summed E-state index contributed by atoms with van der Waals surface area (Å²) in [4.78, 5) is 15.6. The highest BCUT2D eigenvalue weighted by atomic mass is 32.1. The van der Waals surface area contributed by atoms with Gasteiger partial charge in [0.05, 0.1) is 0 Å². The number of hydrogen-bond donors (Lipinski definition) is 0. The maximum atomic E-state index is 5.29. The predicted octanol–water partition coefficient (Wildman–Crippen LogP) is 14.6. The van der Waals surface area contributed by atoms with Gasteiger partial charge < -0.3 is 0 Å². The van der Waals surface area contributed by atoms with Gasteiger partial charge in [-0.25, -0.2) is 15.0 Å². The van der Waals surface area contributed by atoms with Crippen molar-refractivity contribution in [2.24, 2.45) is 0 Å². The van der Waals surface area contributed by atoms with Crippen molar-refractivity contribution in [3.05, 3.63) is 188 Å². The van der Waals surface area contributed by atoms with E-state index >= 15 is 0 Å². The zero-order chi connectivity index (χ0) is 37.0. The molecule has 0 bridgehead atoms. The molecular formula is C51H31N3S2. The summed E-state index contributed by atoms with van der Waals surface area (Å²) >= 11 is 3.67. The molecule has 11 aromatic rings. The van der Waals surface area contributed by atoms with Crippen LogP contribution in [0.3, 0.4) is 0 Å². The van der Waals surface area contributed by atoms with Gasteiger partial charge in [-0.05, 0) is 75.8 Å². The predicted molar refractivity (Wildman–Crippen MR) is 238 cm³/mol. The first kappa shape index (κ1) is 32.6. The Kier molecular flexibility index (Phi) is 7.87. The molecule has 0 unspecified atom stereocenters. The zero-order valence-corrected chi connectivity index (χ0v) is 31.7. The fraction of sp³-hybridized carbons (Fsp3) is 0. The third-order valence-electron chi connectivity index (χ3n) is 10.6. The molecule has 0 fully saturated rings. The molecule has 0 radical (unpaired) electrons. The molecule has 0 spiro atoms. The molecule has 5 heteroatoms. The molecule has 0 N–H and O–H groups in total. The van der Waals surface area contributed by atoms with Gasteiger partial charge in [0.2, 0.25) is 0 Å². The van der Waals surface area contributed by atoms with Crippen molar-refractivity contribution >= 4 is 63.0 Å². The zero-order valence-electron chi connectivity index (χ0n) is 30.1. The molecule has 0 atom stereocenters. The number of benzene rings is 8. The Labute approximate surface area is 331 Å². The number of fused-ring (bicyclic) bond motifs is 6. The van der Waals surface area contributed by atoms with Crippen molar-refractivity contribution in [2.75, 3.05) is 0 Å². The number of thiophene rings is 2. The number of hydrogen-bond acceptors (Lipinski definition) is 5. The van der Waals surface area contributed by atoms with Crippen molar-refractivity contribution in [1.82, 2.24) is 15.0 Å². The van der Waals surface area contributed by atoms with E-state index in [0.29, 0.717) is 17.5 Å². The third-order valence-corrected chi connectivity index (χ3v) is 12.9. The maximum Gasteiger partial charge on any atom is 0.164 e. The monoisotopic (exact) mass is 749 g/mol. The Morgan fingerprint density at radius 3 is 1.30 bits per heavy atom. The normalized spacial score (nSPS) is 11.6. The van der Waals surface area contributed by atoms with Gasteiger partial charge in [-0.2, -0.15) is 0 Å². The molecule has 3 nitrogen and oxygen atoms in total. The van der Waals surface area contributed by atoms with Gasteiger partial charge in [-0.1, -0.05) is 146 Å². The Morgan fingerprint density at radius 1 is 0.250 bits per heavy atom. The van der Waals surface area contributed by atoms with Crippen LogP contribution in [0.4, 0.5) is 0 Å². The van der Waals surface area contributed by atoms with Gasteiger partial charge in [0, 0.05) is 57.0 Å². The van der Waals surface area contributed by atoms with E-state index in [2.05, 4.69) is 164 Å². The van der Waals surface area contributed by atoms with Crippen LogP contribution in [0, 0.1) is 0 Å². The molecule has 3 heterocycles. The van der Waals surface area contributed by atoms with Crippen LogP contribution in [-0.4, -0.2) is 15.0 Å². The van der Waals surface area contributed by atoms with Crippen molar-refractivity contribution in [3.63, 3.8) is 0 Å². The van der Waals surface area contributed by atoms with Crippen molar-refractivity contribution < 1.29 is 0 Å². The van der Waals surface area contributed by atoms with Gasteiger partial charge in [0.25, 0.3) is 0 Å². The summed E-state index contributed by atoms with van der Waals surface area (Å²) in [6.07, 6.45) is 0. The summed E-state index contributed by atoms with van der Waals surface area (Å²) in [5, 5.41) is 5.09. The first-order valence-corrected chi connectivity index (χ1v) is 20.3. The smallest absolute Gasteiger partial charge is 0.164 e. The van der Waals surface area contributed by atoms with E-state index in [9.17, 15) is 0 Å². The van der Waals surface area contributed by atoms with Crippen molar-refractivity contribution in [1.29, 1.82) is 0 Å². The van der Waals surface area contributed by atoms with E-state index < -0.39 is 0 Å². The molecule has 262 valence electrons. The van der Waals surface area contributed by atoms with Crippen molar-refractivity contribution in [2.45, 2.75) is 0 Å². The van der Waals surface area contributed by atoms with Crippen LogP contribution in [0.2, 0.25) is 0 Å². The van der Waals surface area contributed by atoms with Gasteiger partial charge >= 0.3 is 0 Å². The summed E-state index contributed by atoms with van der Waals surface area (Å²) in [5.41, 5.74) is 9.61. The molecular weight excluding hydrogens is 719 g/mol. The molecule has 0 aliphatic rings. The first-order valence-electron chi connectivity index (χ1n) is 18.7. The minimum Gasteiger partial charge on any atom is -0.208 e. The second-order valence-electron chi connectivity index (χ2n) is 14.0. The average Bonchev–Trinajstić information content (AvgIpc) is 3.84. The summed E-state index contributed by atoms with van der Waals surface area (Å²) in [6, 6.07) is 66.9. The van der Waals surface area contributed by atoms with E-state index in [1.54, 1.807) is 0 Å². The highest BCUT2D eigenvalue weighted by molar-refractivity contribution is 7.26. The van der Waals surface area contributed by atoms with E-state index in [0.717, 1.165) is 44.5 Å². The number of aromatic nitrogens is 3. The van der Waals surface area contributed by atoms with Gasteiger partial charge in [-0.15, -0.1) is 22.7 Å². The lowest BCUT2D eigenvalue weighted by atomic mass is 9.93. The minimum absolute atomic E-state index is 0.634. The van der Waals surface area contributed by atoms with E-state index in [1.165, 1.54) is 45.9 Å². The standard InChI is InChI=1S/C51H31N3S2/c1-3-11-32(12-4-1)33-19-21-35(22-20-33)50-52-49(34-13-5-2-6-14-34)53-51(54-50)44-30-36(37-24-27-47-42(29-37)40-15-7-9-17-45(40)55-47)23-26-39(44)38-25-28-48-43(31-38)41-16-8-10-18-46(41)56-48/h1-31H. The highest BCUT2D eigenvalue weighted by Gasteiger charge is 2.19. The second-order valence-corrected chi connectivity index (χ2v) is 16.2. The molecule has 11 rings (SSSR count). The van der Waals surface area contributed by atoms with Crippen LogP contribution < -0.4 is 0 Å². The summed E-state index contributed by atoms with van der Waals surface area (Å²) in [7, 11) is 0. The lowest BCUT2D eigenvalue weighted by molar-refractivity contribution is 1.07. The van der Waals surface area contributed by atoms with E-state index in [-0.39, 0.29) is 0 Å². The molecule has 0 aliphatic heterocycles. The van der Waals surface area contributed by atoms with Crippen LogP contribution in [0.1, 0.15) is 0 Å². The quantitative estimate of drug-likeness (QED) is 0.170. The number of nitrogens with zero attached hydrogens (tertiary/aromatic N) is 3. The summed E-state index contributed by atoms with van der Waals surface area (Å²) in [5.74, 6) is 1.91. The fourth-order valence-electron chi connectivity index (χ4n) is 7.74. The first-order chi connectivity index (χ1) is 27.7. The van der Waals surface area contributed by atoms with Crippen LogP contribution in [0.25, 0.3) is 108 Å². The van der Waals surface area contributed by atoms with Gasteiger partial charge in [0.15, 0.2) is 17.5 Å². The third kappa shape index (κ3) is 5.77. The molecule has 0 amide bonds. The molecule has 56 heavy (non-hydrogen) atoms. The van der Waals surface area contributed by atoms with E-state index in [4.69, 9.17) is 15.0 Å². The van der Waals surface area contributed by atoms with Crippen LogP contribution in [0.5, 0.6) is 0 Å².